The lowest BCUT2D eigenvalue weighted by Crippen LogP contribution is -2.50. The van der Waals surface area contributed by atoms with E-state index in [1.54, 1.807) is 6.07 Å². The number of alkyl halides is 2. The summed E-state index contributed by atoms with van der Waals surface area (Å²) in [5.41, 5.74) is 1.09. The lowest BCUT2D eigenvalue weighted by molar-refractivity contribution is 0.0441. The first-order valence-electron chi connectivity index (χ1n) is 9.23. The van der Waals surface area contributed by atoms with Crippen molar-refractivity contribution in [3.63, 3.8) is 0 Å². The molecule has 10 nitrogen and oxygen atoms in total. The van der Waals surface area contributed by atoms with Gasteiger partial charge in [-0.15, -0.1) is 0 Å². The molecule has 0 amide bonds. The molecule has 13 heteroatoms. The molecular formula is C17H22F2N8O2S. The second-order valence-corrected chi connectivity index (χ2v) is 9.32. The van der Waals surface area contributed by atoms with Crippen LogP contribution in [0.4, 0.5) is 14.6 Å². The molecule has 3 aromatic rings. The molecule has 0 aromatic carbocycles. The predicted molar refractivity (Wildman–Crippen MR) is 109 cm³/mol. The van der Waals surface area contributed by atoms with Crippen LogP contribution < -0.4 is 14.8 Å². The van der Waals surface area contributed by atoms with Gasteiger partial charge in [-0.2, -0.15) is 5.10 Å². The van der Waals surface area contributed by atoms with Crippen LogP contribution >= 0.6 is 0 Å². The number of aromatic nitrogens is 5. The van der Waals surface area contributed by atoms with Crippen LogP contribution in [-0.2, 0) is 15.0 Å². The number of anilines is 1. The Morgan fingerprint density at radius 1 is 1.37 bits per heavy atom. The third kappa shape index (κ3) is 4.59. The van der Waals surface area contributed by atoms with E-state index < -0.39 is 16.7 Å². The number of ether oxygens (including phenoxy) is 1. The highest BCUT2D eigenvalue weighted by Gasteiger charge is 2.23. The number of hydrogen-bond acceptors (Lipinski definition) is 7. The van der Waals surface area contributed by atoms with Crippen molar-refractivity contribution in [3.8, 4) is 11.4 Å². The molecule has 1 fully saturated rings. The molecule has 0 aliphatic carbocycles. The SMILES string of the molecule is C[SH](N)(=O)NC[C@@H]1CN(c2cc(-c3cnc4ccc(C(F)F)nn34)ncn2)CCO1. The van der Waals surface area contributed by atoms with E-state index in [0.717, 1.165) is 0 Å². The van der Waals surface area contributed by atoms with Gasteiger partial charge in [0.1, 0.15) is 23.5 Å². The third-order valence-electron chi connectivity index (χ3n) is 4.62. The van der Waals surface area contributed by atoms with Crippen LogP contribution in [0.15, 0.2) is 30.7 Å². The molecule has 4 rings (SSSR count). The molecule has 1 atom stereocenters. The molecule has 0 spiro atoms. The van der Waals surface area contributed by atoms with E-state index in [1.165, 1.54) is 35.4 Å². The minimum atomic E-state index is -2.84. The van der Waals surface area contributed by atoms with Crippen molar-refractivity contribution in [2.45, 2.75) is 12.5 Å². The lowest BCUT2D eigenvalue weighted by atomic mass is 10.2. The number of imidazole rings is 1. The summed E-state index contributed by atoms with van der Waals surface area (Å²) in [6.07, 6.45) is 1.50. The Balaban J connectivity index is 1.58. The summed E-state index contributed by atoms with van der Waals surface area (Å²) < 4.78 is 47.6. The first-order chi connectivity index (χ1) is 14.3. The fraction of sp³-hybridized carbons (Fsp3) is 0.412. The average Bonchev–Trinajstić information content (AvgIpc) is 3.15. The van der Waals surface area contributed by atoms with Gasteiger partial charge in [-0.1, -0.05) is 0 Å². The number of nitrogens with one attached hydrogen (secondary N) is 1. The van der Waals surface area contributed by atoms with Crippen LogP contribution in [0.5, 0.6) is 0 Å². The molecule has 0 radical (unpaired) electrons. The van der Waals surface area contributed by atoms with Gasteiger partial charge in [-0.25, -0.2) is 33.0 Å². The molecule has 1 aliphatic heterocycles. The number of fused-ring (bicyclic) bond motifs is 1. The highest BCUT2D eigenvalue weighted by Crippen LogP contribution is 2.24. The molecule has 3 N–H and O–H groups in total. The molecule has 1 saturated heterocycles. The van der Waals surface area contributed by atoms with Gasteiger partial charge < -0.3 is 9.64 Å². The Morgan fingerprint density at radius 3 is 2.97 bits per heavy atom. The molecule has 0 saturated carbocycles. The summed E-state index contributed by atoms with van der Waals surface area (Å²) in [4.78, 5) is 14.8. The van der Waals surface area contributed by atoms with E-state index in [4.69, 9.17) is 9.88 Å². The number of nitrogens with two attached hydrogens (primary N) is 1. The molecule has 30 heavy (non-hydrogen) atoms. The van der Waals surface area contributed by atoms with Crippen molar-refractivity contribution < 1.29 is 17.7 Å². The third-order valence-corrected chi connectivity index (χ3v) is 5.43. The van der Waals surface area contributed by atoms with Gasteiger partial charge in [0.25, 0.3) is 6.43 Å². The fourth-order valence-electron chi connectivity index (χ4n) is 3.17. The lowest BCUT2D eigenvalue weighted by Gasteiger charge is -2.34. The number of halogens is 2. The van der Waals surface area contributed by atoms with Crippen LogP contribution in [0, 0.1) is 0 Å². The zero-order valence-electron chi connectivity index (χ0n) is 16.2. The number of nitrogens with zero attached hydrogens (tertiary/aromatic N) is 6. The fourth-order valence-corrected chi connectivity index (χ4v) is 3.74. The van der Waals surface area contributed by atoms with E-state index in [2.05, 4.69) is 24.8 Å². The van der Waals surface area contributed by atoms with Crippen LogP contribution in [0.3, 0.4) is 0 Å². The van der Waals surface area contributed by atoms with Crippen molar-refractivity contribution in [2.75, 3.05) is 37.4 Å². The number of rotatable bonds is 6. The van der Waals surface area contributed by atoms with Crippen molar-refractivity contribution in [1.29, 1.82) is 0 Å². The Hall–Kier alpha value is -2.61. The number of hydrogen-bond donors (Lipinski definition) is 3. The van der Waals surface area contributed by atoms with Gasteiger partial charge in [0.05, 0.1) is 24.6 Å². The van der Waals surface area contributed by atoms with E-state index in [9.17, 15) is 13.0 Å². The van der Waals surface area contributed by atoms with Crippen LogP contribution in [0.1, 0.15) is 12.1 Å². The number of morpholine rings is 1. The van der Waals surface area contributed by atoms with Crippen LogP contribution in [0.25, 0.3) is 17.0 Å². The van der Waals surface area contributed by atoms with Crippen molar-refractivity contribution >= 4 is 21.8 Å². The maximum Gasteiger partial charge on any atom is 0.282 e. The monoisotopic (exact) mass is 440 g/mol. The number of thiol groups is 1. The molecule has 162 valence electrons. The van der Waals surface area contributed by atoms with Crippen LogP contribution in [-0.4, -0.2) is 67.4 Å². The van der Waals surface area contributed by atoms with Gasteiger partial charge >= 0.3 is 0 Å². The predicted octanol–water partition coefficient (Wildman–Crippen LogP) is 0.354. The highest BCUT2D eigenvalue weighted by atomic mass is 32.3. The summed E-state index contributed by atoms with van der Waals surface area (Å²) in [7, 11) is -2.84. The quantitative estimate of drug-likeness (QED) is 0.473. The van der Waals surface area contributed by atoms with Gasteiger partial charge in [0, 0.05) is 32.0 Å². The summed E-state index contributed by atoms with van der Waals surface area (Å²) in [6, 6.07) is 4.49. The summed E-state index contributed by atoms with van der Waals surface area (Å²) in [5, 5.41) is 9.52. The van der Waals surface area contributed by atoms with Crippen molar-refractivity contribution in [3.05, 3.63) is 36.4 Å². The Bertz CT molecular complexity index is 1090. The standard InChI is InChI=1S/C17H22F2N8O2S/c1-30(20,28)24-7-11-9-26(4-5-29-11)16-6-13(22-10-23-16)14-8-21-15-3-2-12(17(18)19)25-27(14)15/h2-3,6,8,10-11,17,30H,4-5,7,9H2,1H3,(H3,20,24,28)/t11-/m1/s1. The normalized spacial score (nSPS) is 18.3. The minimum absolute atomic E-state index is 0.208. The average molecular weight is 440 g/mol. The Kier molecular flexibility index (Phi) is 5.69. The molecule has 4 heterocycles. The van der Waals surface area contributed by atoms with Gasteiger partial charge in [0.2, 0.25) is 0 Å². The first kappa shape index (κ1) is 20.7. The zero-order chi connectivity index (χ0) is 21.3. The molecule has 0 bridgehead atoms. The second-order valence-electron chi connectivity index (χ2n) is 7.03. The van der Waals surface area contributed by atoms with Gasteiger partial charge in [0.15, 0.2) is 5.65 Å². The molecule has 0 unspecified atom stereocenters. The topological polar surface area (TPSA) is 124 Å². The Labute approximate surface area is 172 Å². The van der Waals surface area contributed by atoms with E-state index >= 15 is 0 Å². The second kappa shape index (κ2) is 8.26. The maximum absolute atomic E-state index is 13.0. The molecule has 1 aliphatic rings. The highest BCUT2D eigenvalue weighted by molar-refractivity contribution is 7.98. The van der Waals surface area contributed by atoms with E-state index in [-0.39, 0.29) is 11.8 Å². The molecule has 3 aromatic heterocycles. The molecular weight excluding hydrogens is 418 g/mol. The smallest absolute Gasteiger partial charge is 0.282 e. The first-order valence-corrected chi connectivity index (χ1v) is 11.5. The van der Waals surface area contributed by atoms with Crippen molar-refractivity contribution in [1.82, 2.24) is 29.3 Å². The van der Waals surface area contributed by atoms with Gasteiger partial charge in [-0.3, -0.25) is 9.35 Å². The zero-order valence-corrected chi connectivity index (χ0v) is 17.0. The summed E-state index contributed by atoms with van der Waals surface area (Å²) in [6.45, 7) is 1.95. The van der Waals surface area contributed by atoms with Crippen LogP contribution in [0.2, 0.25) is 0 Å². The van der Waals surface area contributed by atoms with E-state index in [0.29, 0.717) is 49.1 Å². The largest absolute Gasteiger partial charge is 0.373 e. The summed E-state index contributed by atoms with van der Waals surface area (Å²) >= 11 is 0. The van der Waals surface area contributed by atoms with Gasteiger partial charge in [-0.05, 0) is 22.4 Å². The maximum atomic E-state index is 13.0. The van der Waals surface area contributed by atoms with Crippen molar-refractivity contribution in [2.24, 2.45) is 5.14 Å². The van der Waals surface area contributed by atoms with E-state index in [1.807, 2.05) is 4.90 Å². The summed E-state index contributed by atoms with van der Waals surface area (Å²) in [5.74, 6) is 0.653. The minimum Gasteiger partial charge on any atom is -0.373 e. The Morgan fingerprint density at radius 2 is 2.20 bits per heavy atom.